The monoisotopic (exact) mass is 156 g/mol. The number of H-pyrrole nitrogens is 1. The minimum absolute atomic E-state index is 0. The summed E-state index contributed by atoms with van der Waals surface area (Å²) >= 11 is 0. The lowest BCUT2D eigenvalue weighted by molar-refractivity contribution is 0.368. The topological polar surface area (TPSA) is 28.7 Å². The van der Waals surface area contributed by atoms with E-state index in [-0.39, 0.29) is 1.43 Å². The standard InChI is InChI=1S/C3H4N2.BF4/c1-2-5-3-4-1;2-1(3,4)5/h1-3H,(H,4,5);/q;-1/p+1. The van der Waals surface area contributed by atoms with Gasteiger partial charge >= 0.3 is 8.68 Å². The number of aromatic amines is 1. The fraction of sp³-hybridized carbons (Fsp3) is 0. The van der Waals surface area contributed by atoms with Crippen LogP contribution in [0.4, 0.5) is 17.3 Å². The summed E-state index contributed by atoms with van der Waals surface area (Å²) in [6, 6.07) is 0. The molecule has 7 heteroatoms. The second kappa shape index (κ2) is 3.92. The average Bonchev–Trinajstić information content (AvgIpc) is 2.07. The van der Waals surface area contributed by atoms with E-state index in [9.17, 15) is 17.3 Å². The third-order valence-electron chi connectivity index (χ3n) is 0.406. The predicted octanol–water partition coefficient (Wildman–Crippen LogP) is 1.82. The molecule has 10 heavy (non-hydrogen) atoms. The Morgan fingerprint density at radius 3 is 1.90 bits per heavy atom. The number of nitrogens with one attached hydrogen (secondary N) is 1. The van der Waals surface area contributed by atoms with Crippen LogP contribution in [0.1, 0.15) is 1.43 Å². The Hall–Kier alpha value is -1.01. The van der Waals surface area contributed by atoms with E-state index in [2.05, 4.69) is 9.97 Å². The number of hydrogen-bond acceptors (Lipinski definition) is 1. The molecule has 0 atom stereocenters. The van der Waals surface area contributed by atoms with Crippen LogP contribution in [0.25, 0.3) is 0 Å². The van der Waals surface area contributed by atoms with E-state index < -0.39 is 7.25 Å². The molecular formula is C3H5BF4N2. The van der Waals surface area contributed by atoms with Crippen molar-refractivity contribution in [3.05, 3.63) is 18.7 Å². The zero-order chi connectivity index (χ0) is 8.04. The number of aromatic nitrogens is 2. The maximum atomic E-state index is 9.75. The molecule has 0 spiro atoms. The first-order valence-corrected chi connectivity index (χ1v) is 2.30. The Morgan fingerprint density at radius 1 is 1.30 bits per heavy atom. The van der Waals surface area contributed by atoms with Crippen molar-refractivity contribution in [2.45, 2.75) is 0 Å². The molecule has 0 saturated heterocycles. The smallest absolute Gasteiger partial charge is 0.418 e. The molecule has 0 fully saturated rings. The van der Waals surface area contributed by atoms with Crippen LogP contribution in [-0.4, -0.2) is 17.2 Å². The van der Waals surface area contributed by atoms with E-state index in [0.717, 1.165) is 0 Å². The molecule has 0 aliphatic heterocycles. The third kappa shape index (κ3) is 15.8. The van der Waals surface area contributed by atoms with Gasteiger partial charge in [-0.2, -0.15) is 0 Å². The largest absolute Gasteiger partial charge is 1.00 e. The van der Waals surface area contributed by atoms with Gasteiger partial charge in [0.1, 0.15) is 0 Å². The number of nitrogens with zero attached hydrogens (tertiary/aromatic N) is 1. The van der Waals surface area contributed by atoms with Crippen molar-refractivity contribution in [1.29, 1.82) is 0 Å². The number of halogens is 4. The fourth-order valence-electron chi connectivity index (χ4n) is 0.215. The van der Waals surface area contributed by atoms with Gasteiger partial charge in [0.2, 0.25) is 0 Å². The van der Waals surface area contributed by atoms with Gasteiger partial charge in [-0.15, -0.1) is 0 Å². The maximum Gasteiger partial charge on any atom is 1.00 e. The Morgan fingerprint density at radius 2 is 1.80 bits per heavy atom. The number of rotatable bonds is 0. The van der Waals surface area contributed by atoms with Crippen molar-refractivity contribution in [1.82, 2.24) is 9.97 Å². The van der Waals surface area contributed by atoms with Crippen molar-refractivity contribution in [3.8, 4) is 0 Å². The molecule has 0 amide bonds. The summed E-state index contributed by atoms with van der Waals surface area (Å²) in [4.78, 5) is 6.42. The molecule has 0 aliphatic carbocycles. The SMILES string of the molecule is F[B-](F)(F)F.[H+].c1c[nH]cn1. The van der Waals surface area contributed by atoms with Crippen LogP contribution in [-0.2, 0) is 0 Å². The molecular weight excluding hydrogens is 151 g/mol. The van der Waals surface area contributed by atoms with E-state index in [1.807, 2.05) is 0 Å². The lowest BCUT2D eigenvalue weighted by Crippen LogP contribution is -2.02. The first kappa shape index (κ1) is 8.99. The summed E-state index contributed by atoms with van der Waals surface area (Å²) in [6.07, 6.45) is 5.08. The van der Waals surface area contributed by atoms with E-state index in [1.54, 1.807) is 18.7 Å². The molecule has 1 aromatic heterocycles. The lowest BCUT2D eigenvalue weighted by Gasteiger charge is -1.94. The second-order valence-electron chi connectivity index (χ2n) is 1.26. The van der Waals surface area contributed by atoms with Crippen molar-refractivity contribution in [2.24, 2.45) is 0 Å². The molecule has 1 rings (SSSR count). The van der Waals surface area contributed by atoms with Gasteiger partial charge in [0.25, 0.3) is 0 Å². The zero-order valence-electron chi connectivity index (χ0n) is 5.77. The van der Waals surface area contributed by atoms with Crippen LogP contribution in [0.15, 0.2) is 18.7 Å². The van der Waals surface area contributed by atoms with Gasteiger partial charge in [0.15, 0.2) is 0 Å². The Labute approximate surface area is 55.9 Å². The lowest BCUT2D eigenvalue weighted by atomic mass is 10.3. The minimum atomic E-state index is -6.00. The van der Waals surface area contributed by atoms with Crippen LogP contribution in [0.3, 0.4) is 0 Å². The Balaban J connectivity index is 0. The third-order valence-corrected chi connectivity index (χ3v) is 0.406. The van der Waals surface area contributed by atoms with Crippen molar-refractivity contribution in [3.63, 3.8) is 0 Å². The number of hydrogen-bond donors (Lipinski definition) is 1. The molecule has 0 aliphatic rings. The highest BCUT2D eigenvalue weighted by Gasteiger charge is 2.20. The Kier molecular flexibility index (Phi) is 3.52. The molecule has 1 heterocycles. The maximum absolute atomic E-state index is 9.75. The first-order valence-electron chi connectivity index (χ1n) is 2.30. The highest BCUT2D eigenvalue weighted by molar-refractivity contribution is 6.50. The Bertz CT molecular complexity index is 130. The molecule has 0 unspecified atom stereocenters. The summed E-state index contributed by atoms with van der Waals surface area (Å²) in [5.74, 6) is 0. The highest BCUT2D eigenvalue weighted by Crippen LogP contribution is 2.06. The van der Waals surface area contributed by atoms with E-state index in [4.69, 9.17) is 0 Å². The van der Waals surface area contributed by atoms with Crippen LogP contribution in [0.2, 0.25) is 0 Å². The molecule has 58 valence electrons. The second-order valence-corrected chi connectivity index (χ2v) is 1.26. The van der Waals surface area contributed by atoms with E-state index in [0.29, 0.717) is 0 Å². The van der Waals surface area contributed by atoms with Gasteiger partial charge < -0.3 is 22.2 Å². The van der Waals surface area contributed by atoms with Crippen LogP contribution in [0, 0.1) is 0 Å². The van der Waals surface area contributed by atoms with Gasteiger partial charge in [-0.25, -0.2) is 4.98 Å². The molecule has 0 radical (unpaired) electrons. The molecule has 2 nitrogen and oxygen atoms in total. The summed E-state index contributed by atoms with van der Waals surface area (Å²) in [6.45, 7) is 0. The quantitative estimate of drug-likeness (QED) is 0.450. The zero-order valence-corrected chi connectivity index (χ0v) is 4.77. The highest BCUT2D eigenvalue weighted by atomic mass is 19.5. The average molecular weight is 156 g/mol. The fourth-order valence-corrected chi connectivity index (χ4v) is 0.215. The molecule has 1 aromatic rings. The van der Waals surface area contributed by atoms with E-state index >= 15 is 0 Å². The predicted molar refractivity (Wildman–Crippen MR) is 29.9 cm³/mol. The van der Waals surface area contributed by atoms with Crippen molar-refractivity contribution < 1.29 is 18.7 Å². The summed E-state index contributed by atoms with van der Waals surface area (Å²) in [5, 5.41) is 0. The van der Waals surface area contributed by atoms with Gasteiger partial charge in [-0.05, 0) is 0 Å². The van der Waals surface area contributed by atoms with E-state index in [1.165, 1.54) is 0 Å². The molecule has 1 N–H and O–H groups in total. The van der Waals surface area contributed by atoms with Crippen molar-refractivity contribution >= 4 is 7.25 Å². The molecule has 0 saturated carbocycles. The summed E-state index contributed by atoms with van der Waals surface area (Å²) in [5.41, 5.74) is 0. The first-order chi connectivity index (χ1) is 4.50. The van der Waals surface area contributed by atoms with Crippen LogP contribution in [0.5, 0.6) is 0 Å². The van der Waals surface area contributed by atoms with Crippen LogP contribution >= 0.6 is 0 Å². The number of imidazole rings is 1. The van der Waals surface area contributed by atoms with Gasteiger partial charge in [0.05, 0.1) is 6.33 Å². The summed E-state index contributed by atoms with van der Waals surface area (Å²) < 4.78 is 39.0. The molecule has 0 bridgehead atoms. The normalized spacial score (nSPS) is 10.0. The van der Waals surface area contributed by atoms with Crippen LogP contribution < -0.4 is 0 Å². The summed E-state index contributed by atoms with van der Waals surface area (Å²) in [7, 11) is -6.00. The van der Waals surface area contributed by atoms with Gasteiger partial charge in [0, 0.05) is 12.4 Å². The van der Waals surface area contributed by atoms with Gasteiger partial charge in [-0.1, -0.05) is 0 Å². The molecule has 0 aromatic carbocycles. The minimum Gasteiger partial charge on any atom is -0.418 e. The van der Waals surface area contributed by atoms with Crippen molar-refractivity contribution in [2.75, 3.05) is 0 Å². The van der Waals surface area contributed by atoms with Gasteiger partial charge in [-0.3, -0.25) is 0 Å².